The molecular weight excluding hydrogens is 441 g/mol. The monoisotopic (exact) mass is 465 g/mol. The highest BCUT2D eigenvalue weighted by atomic mass is 32.2. The van der Waals surface area contributed by atoms with E-state index >= 15 is 0 Å². The van der Waals surface area contributed by atoms with Crippen LogP contribution in [0.5, 0.6) is 0 Å². The number of rotatable bonds is 7. The van der Waals surface area contributed by atoms with Crippen molar-refractivity contribution in [1.82, 2.24) is 24.5 Å². The molecule has 0 unspecified atom stereocenters. The smallest absolute Gasteiger partial charge is 0.262 e. The van der Waals surface area contributed by atoms with Crippen LogP contribution in [-0.2, 0) is 17.1 Å². The number of nitrogens with zero attached hydrogens (tertiary/aromatic N) is 4. The number of carbonyl (C=O) groups is 1. The zero-order valence-electron chi connectivity index (χ0n) is 18.0. The summed E-state index contributed by atoms with van der Waals surface area (Å²) in [5, 5.41) is 12.7. The van der Waals surface area contributed by atoms with Gasteiger partial charge in [-0.05, 0) is 36.6 Å². The van der Waals surface area contributed by atoms with Gasteiger partial charge in [-0.25, -0.2) is 4.39 Å². The molecule has 1 aliphatic carbocycles. The Morgan fingerprint density at radius 1 is 1.09 bits per heavy atom. The predicted octanol–water partition coefficient (Wildman–Crippen LogP) is 3.92. The van der Waals surface area contributed by atoms with E-state index in [-0.39, 0.29) is 36.3 Å². The van der Waals surface area contributed by atoms with Crippen molar-refractivity contribution in [2.45, 2.75) is 55.6 Å². The average molecular weight is 466 g/mol. The molecule has 1 saturated carbocycles. The molecule has 0 radical (unpaired) electrons. The number of aromatic nitrogens is 4. The maximum atomic E-state index is 14.1. The molecule has 0 saturated heterocycles. The topological polar surface area (TPSA) is 81.3 Å². The first-order valence-corrected chi connectivity index (χ1v) is 12.1. The normalized spacial score (nSPS) is 14.3. The highest BCUT2D eigenvalue weighted by Gasteiger charge is 2.20. The van der Waals surface area contributed by atoms with E-state index in [1.807, 2.05) is 22.6 Å². The average Bonchev–Trinajstić information content (AvgIpc) is 3.49. The molecule has 1 fully saturated rings. The Balaban J connectivity index is 1.47. The number of hydrogen-bond acceptors (Lipinski definition) is 5. The second-order valence-corrected chi connectivity index (χ2v) is 9.21. The SMILES string of the molecule is O=C(CCn1c(=O)c2ccccc2n2c(SCc3ccccc3F)nnc12)NC1CCCC1. The van der Waals surface area contributed by atoms with Gasteiger partial charge < -0.3 is 5.32 Å². The van der Waals surface area contributed by atoms with Crippen LogP contribution in [0.3, 0.4) is 0 Å². The quantitative estimate of drug-likeness (QED) is 0.419. The van der Waals surface area contributed by atoms with Crippen LogP contribution in [0.2, 0.25) is 0 Å². The Hall–Kier alpha value is -3.20. The Morgan fingerprint density at radius 3 is 2.67 bits per heavy atom. The van der Waals surface area contributed by atoms with Gasteiger partial charge >= 0.3 is 0 Å². The minimum absolute atomic E-state index is 0.0613. The van der Waals surface area contributed by atoms with Crippen molar-refractivity contribution in [1.29, 1.82) is 0 Å². The van der Waals surface area contributed by atoms with E-state index in [0.29, 0.717) is 33.2 Å². The van der Waals surface area contributed by atoms with Crippen LogP contribution in [0.4, 0.5) is 4.39 Å². The molecule has 0 aliphatic heterocycles. The Labute approximate surface area is 194 Å². The summed E-state index contributed by atoms with van der Waals surface area (Å²) in [5.74, 6) is 0.427. The number of nitrogens with one attached hydrogen (secondary N) is 1. The van der Waals surface area contributed by atoms with E-state index in [4.69, 9.17) is 0 Å². The summed E-state index contributed by atoms with van der Waals surface area (Å²) in [7, 11) is 0. The van der Waals surface area contributed by atoms with E-state index < -0.39 is 0 Å². The van der Waals surface area contributed by atoms with Crippen LogP contribution in [0.15, 0.2) is 58.5 Å². The van der Waals surface area contributed by atoms with Crippen molar-refractivity contribution in [2.24, 2.45) is 0 Å². The summed E-state index contributed by atoms with van der Waals surface area (Å²) >= 11 is 1.35. The van der Waals surface area contributed by atoms with Crippen molar-refractivity contribution in [3.63, 3.8) is 0 Å². The number of fused-ring (bicyclic) bond motifs is 3. The zero-order valence-corrected chi connectivity index (χ0v) is 18.9. The van der Waals surface area contributed by atoms with E-state index in [1.54, 1.807) is 24.3 Å². The first-order chi connectivity index (χ1) is 16.1. The highest BCUT2D eigenvalue weighted by Crippen LogP contribution is 2.25. The molecule has 33 heavy (non-hydrogen) atoms. The molecule has 2 aromatic carbocycles. The summed E-state index contributed by atoms with van der Waals surface area (Å²) in [4.78, 5) is 25.7. The molecule has 9 heteroatoms. The summed E-state index contributed by atoms with van der Waals surface area (Å²) < 4.78 is 17.4. The lowest BCUT2D eigenvalue weighted by molar-refractivity contribution is -0.122. The van der Waals surface area contributed by atoms with Crippen molar-refractivity contribution < 1.29 is 9.18 Å². The molecule has 0 atom stereocenters. The molecule has 2 aromatic heterocycles. The van der Waals surface area contributed by atoms with E-state index in [9.17, 15) is 14.0 Å². The molecule has 1 amide bonds. The zero-order chi connectivity index (χ0) is 22.8. The Kier molecular flexibility index (Phi) is 6.13. The lowest BCUT2D eigenvalue weighted by atomic mass is 10.2. The van der Waals surface area contributed by atoms with Gasteiger partial charge in [0.05, 0.1) is 10.9 Å². The lowest BCUT2D eigenvalue weighted by Gasteiger charge is -2.14. The van der Waals surface area contributed by atoms with Gasteiger partial charge in [-0.3, -0.25) is 18.6 Å². The van der Waals surface area contributed by atoms with Crippen LogP contribution >= 0.6 is 11.8 Å². The van der Waals surface area contributed by atoms with Crippen LogP contribution in [0, 0.1) is 5.82 Å². The number of benzene rings is 2. The highest BCUT2D eigenvalue weighted by molar-refractivity contribution is 7.98. The number of hydrogen-bond donors (Lipinski definition) is 1. The molecule has 1 N–H and O–H groups in total. The number of carbonyl (C=O) groups excluding carboxylic acids is 1. The number of thioether (sulfide) groups is 1. The summed E-state index contributed by atoms with van der Waals surface area (Å²) in [6.07, 6.45) is 4.50. The van der Waals surface area contributed by atoms with Crippen LogP contribution in [-0.4, -0.2) is 31.1 Å². The first-order valence-electron chi connectivity index (χ1n) is 11.1. The van der Waals surface area contributed by atoms with Gasteiger partial charge in [-0.1, -0.05) is 54.9 Å². The third-order valence-electron chi connectivity index (χ3n) is 6.08. The summed E-state index contributed by atoms with van der Waals surface area (Å²) in [6, 6.07) is 14.1. The van der Waals surface area contributed by atoms with Crippen molar-refractivity contribution in [3.8, 4) is 0 Å². The first kappa shape index (κ1) is 21.6. The van der Waals surface area contributed by atoms with E-state index in [1.165, 1.54) is 22.4 Å². The van der Waals surface area contributed by atoms with Crippen LogP contribution < -0.4 is 10.9 Å². The lowest BCUT2D eigenvalue weighted by Crippen LogP contribution is -2.34. The van der Waals surface area contributed by atoms with Crippen molar-refractivity contribution in [3.05, 3.63) is 70.3 Å². The van der Waals surface area contributed by atoms with Gasteiger partial charge in [0.1, 0.15) is 5.82 Å². The maximum absolute atomic E-state index is 14.1. The second kappa shape index (κ2) is 9.35. The Morgan fingerprint density at radius 2 is 1.85 bits per heavy atom. The number of para-hydroxylation sites is 1. The van der Waals surface area contributed by atoms with Gasteiger partial charge in [0.25, 0.3) is 5.56 Å². The number of aryl methyl sites for hydroxylation is 1. The number of halogens is 1. The van der Waals surface area contributed by atoms with Gasteiger partial charge in [0.15, 0.2) is 5.16 Å². The largest absolute Gasteiger partial charge is 0.353 e. The van der Waals surface area contributed by atoms with E-state index in [0.717, 1.165) is 25.7 Å². The molecular formula is C24H24FN5O2S. The molecule has 1 aliphatic rings. The fourth-order valence-electron chi connectivity index (χ4n) is 4.37. The minimum Gasteiger partial charge on any atom is -0.353 e. The Bertz CT molecular complexity index is 1380. The van der Waals surface area contributed by atoms with Gasteiger partial charge in [-0.2, -0.15) is 0 Å². The van der Waals surface area contributed by atoms with Gasteiger partial charge in [0, 0.05) is 24.8 Å². The van der Waals surface area contributed by atoms with Gasteiger partial charge in [0.2, 0.25) is 11.7 Å². The summed E-state index contributed by atoms with van der Waals surface area (Å²) in [6.45, 7) is 0.210. The molecule has 0 spiro atoms. The fourth-order valence-corrected chi connectivity index (χ4v) is 5.30. The van der Waals surface area contributed by atoms with E-state index in [2.05, 4.69) is 15.5 Å². The predicted molar refractivity (Wildman–Crippen MR) is 126 cm³/mol. The maximum Gasteiger partial charge on any atom is 0.262 e. The molecule has 0 bridgehead atoms. The van der Waals surface area contributed by atoms with Crippen molar-refractivity contribution >= 4 is 34.3 Å². The third-order valence-corrected chi connectivity index (χ3v) is 7.05. The second-order valence-electron chi connectivity index (χ2n) is 8.27. The standard InChI is InChI=1S/C24H24FN5O2S/c25-19-11-5-1-7-16(19)15-33-24-28-27-23-29(14-13-21(31)26-17-8-2-3-9-17)22(32)18-10-4-6-12-20(18)30(23)24/h1,4-7,10-12,17H,2-3,8-9,13-15H2,(H,26,31). The van der Waals surface area contributed by atoms with Gasteiger partial charge in [-0.15, -0.1) is 10.2 Å². The van der Waals surface area contributed by atoms with Crippen LogP contribution in [0.1, 0.15) is 37.7 Å². The molecule has 7 nitrogen and oxygen atoms in total. The van der Waals surface area contributed by atoms with Crippen molar-refractivity contribution in [2.75, 3.05) is 0 Å². The fraction of sp³-hybridized carbons (Fsp3) is 0.333. The molecule has 4 aromatic rings. The number of amides is 1. The third kappa shape index (κ3) is 4.37. The minimum atomic E-state index is -0.270. The molecule has 2 heterocycles. The summed E-state index contributed by atoms with van der Waals surface area (Å²) in [5.41, 5.74) is 1.05. The molecule has 170 valence electrons. The molecule has 5 rings (SSSR count). The van der Waals surface area contributed by atoms with Crippen LogP contribution in [0.25, 0.3) is 16.7 Å².